The van der Waals surface area contributed by atoms with E-state index in [-0.39, 0.29) is 13.2 Å². The number of alkyl halides is 3. The maximum atomic E-state index is 12.8. The second-order valence-electron chi connectivity index (χ2n) is 4.01. The van der Waals surface area contributed by atoms with Crippen molar-refractivity contribution in [1.29, 1.82) is 0 Å². The van der Waals surface area contributed by atoms with Crippen molar-refractivity contribution in [2.24, 2.45) is 0 Å². The van der Waals surface area contributed by atoms with Crippen LogP contribution in [0, 0.1) is 0 Å². The molecule has 2 amide bonds. The van der Waals surface area contributed by atoms with Crippen molar-refractivity contribution in [3.63, 3.8) is 0 Å². The standard InChI is InChI=1S/C12H19F3N2O3/c1-4-7-17(3)10(18)16-9-11(19,12(13,14)15)6-8-20-5-2/h4,6,8,19H,1,5,7,9H2,2-3H3,(H,16,18)/b8-6+. The van der Waals surface area contributed by atoms with Crippen molar-refractivity contribution in [2.45, 2.75) is 18.7 Å². The number of nitrogens with one attached hydrogen (secondary N) is 1. The summed E-state index contributed by atoms with van der Waals surface area (Å²) in [5.74, 6) is 0. The summed E-state index contributed by atoms with van der Waals surface area (Å²) < 4.78 is 43.0. The van der Waals surface area contributed by atoms with Crippen LogP contribution >= 0.6 is 0 Å². The van der Waals surface area contributed by atoms with E-state index >= 15 is 0 Å². The minimum Gasteiger partial charge on any atom is -0.502 e. The lowest BCUT2D eigenvalue weighted by Crippen LogP contribution is -2.53. The molecule has 1 unspecified atom stereocenters. The van der Waals surface area contributed by atoms with Gasteiger partial charge >= 0.3 is 12.2 Å². The molecule has 2 N–H and O–H groups in total. The molecule has 0 bridgehead atoms. The first-order valence-corrected chi connectivity index (χ1v) is 5.86. The van der Waals surface area contributed by atoms with Gasteiger partial charge in [-0.2, -0.15) is 13.2 Å². The fraction of sp³-hybridized carbons (Fsp3) is 0.583. The van der Waals surface area contributed by atoms with Crippen LogP contribution in [0.5, 0.6) is 0 Å². The van der Waals surface area contributed by atoms with Gasteiger partial charge in [0.2, 0.25) is 0 Å². The summed E-state index contributed by atoms with van der Waals surface area (Å²) in [5, 5.41) is 11.6. The molecule has 0 aromatic carbocycles. The van der Waals surface area contributed by atoms with Crippen molar-refractivity contribution in [3.8, 4) is 0 Å². The van der Waals surface area contributed by atoms with Crippen molar-refractivity contribution in [2.75, 3.05) is 26.7 Å². The quantitative estimate of drug-likeness (QED) is 0.555. The zero-order valence-corrected chi connectivity index (χ0v) is 11.4. The Morgan fingerprint density at radius 2 is 2.10 bits per heavy atom. The van der Waals surface area contributed by atoms with Gasteiger partial charge in [-0.3, -0.25) is 0 Å². The van der Waals surface area contributed by atoms with Crippen LogP contribution in [-0.4, -0.2) is 54.6 Å². The molecule has 0 saturated heterocycles. The van der Waals surface area contributed by atoms with E-state index in [2.05, 4.69) is 11.3 Å². The van der Waals surface area contributed by atoms with E-state index < -0.39 is 24.4 Å². The molecular formula is C12H19F3N2O3. The van der Waals surface area contributed by atoms with Gasteiger partial charge in [0.1, 0.15) is 0 Å². The number of halogens is 3. The van der Waals surface area contributed by atoms with Crippen LogP contribution in [0.4, 0.5) is 18.0 Å². The van der Waals surface area contributed by atoms with Crippen molar-refractivity contribution < 1.29 is 27.8 Å². The molecule has 116 valence electrons. The van der Waals surface area contributed by atoms with E-state index in [1.54, 1.807) is 6.92 Å². The molecule has 8 heteroatoms. The van der Waals surface area contributed by atoms with E-state index in [4.69, 9.17) is 0 Å². The van der Waals surface area contributed by atoms with Crippen molar-refractivity contribution in [1.82, 2.24) is 10.2 Å². The van der Waals surface area contributed by atoms with Crippen LogP contribution in [0.15, 0.2) is 25.0 Å². The van der Waals surface area contributed by atoms with Crippen molar-refractivity contribution in [3.05, 3.63) is 25.0 Å². The number of amides is 2. The second kappa shape index (κ2) is 7.78. The molecule has 0 aliphatic heterocycles. The molecule has 0 aromatic heterocycles. The summed E-state index contributed by atoms with van der Waals surface area (Å²) in [5.41, 5.74) is -3.19. The topological polar surface area (TPSA) is 61.8 Å². The fourth-order valence-corrected chi connectivity index (χ4v) is 1.13. The van der Waals surface area contributed by atoms with Gasteiger partial charge in [-0.15, -0.1) is 6.58 Å². The number of ether oxygens (including phenoxy) is 1. The second-order valence-corrected chi connectivity index (χ2v) is 4.01. The minimum atomic E-state index is -4.94. The average molecular weight is 296 g/mol. The Bertz CT molecular complexity index is 358. The number of hydrogen-bond donors (Lipinski definition) is 2. The lowest BCUT2D eigenvalue weighted by Gasteiger charge is -2.28. The van der Waals surface area contributed by atoms with Gasteiger partial charge in [0.05, 0.1) is 19.4 Å². The molecule has 20 heavy (non-hydrogen) atoms. The Kier molecular flexibility index (Phi) is 7.12. The molecule has 0 aromatic rings. The van der Waals surface area contributed by atoms with Crippen molar-refractivity contribution >= 4 is 6.03 Å². The van der Waals surface area contributed by atoms with Crippen LogP contribution in [0.25, 0.3) is 0 Å². The first-order chi connectivity index (χ1) is 9.18. The molecule has 0 fully saturated rings. The zero-order chi connectivity index (χ0) is 15.8. The van der Waals surface area contributed by atoms with Gasteiger partial charge in [-0.05, 0) is 13.0 Å². The predicted octanol–water partition coefficient (Wildman–Crippen LogP) is 1.66. The Hall–Kier alpha value is -1.70. The summed E-state index contributed by atoms with van der Waals surface area (Å²) in [7, 11) is 1.39. The molecular weight excluding hydrogens is 277 g/mol. The normalized spacial score (nSPS) is 14.7. The molecule has 0 aliphatic carbocycles. The van der Waals surface area contributed by atoms with Crippen LogP contribution < -0.4 is 5.32 Å². The summed E-state index contributed by atoms with van der Waals surface area (Å²) in [6.45, 7) is 4.31. The van der Waals surface area contributed by atoms with Crippen LogP contribution in [0.2, 0.25) is 0 Å². The Morgan fingerprint density at radius 1 is 1.50 bits per heavy atom. The van der Waals surface area contributed by atoms with Gasteiger partial charge in [0.25, 0.3) is 0 Å². The van der Waals surface area contributed by atoms with Gasteiger partial charge in [0.15, 0.2) is 5.60 Å². The van der Waals surface area contributed by atoms with E-state index in [0.29, 0.717) is 6.08 Å². The Balaban J connectivity index is 4.76. The highest BCUT2D eigenvalue weighted by atomic mass is 19.4. The summed E-state index contributed by atoms with van der Waals surface area (Å²) in [6.07, 6.45) is -2.30. The minimum absolute atomic E-state index is 0.166. The monoisotopic (exact) mass is 296 g/mol. The third-order valence-electron chi connectivity index (χ3n) is 2.36. The third kappa shape index (κ3) is 5.52. The summed E-state index contributed by atoms with van der Waals surface area (Å²) >= 11 is 0. The number of nitrogens with zero attached hydrogens (tertiary/aromatic N) is 1. The molecule has 5 nitrogen and oxygen atoms in total. The third-order valence-corrected chi connectivity index (χ3v) is 2.36. The smallest absolute Gasteiger partial charge is 0.422 e. The molecule has 0 heterocycles. The van der Waals surface area contributed by atoms with Crippen LogP contribution in [0.1, 0.15) is 6.92 Å². The lowest BCUT2D eigenvalue weighted by atomic mass is 10.0. The van der Waals surface area contributed by atoms with E-state index in [0.717, 1.165) is 11.2 Å². The van der Waals surface area contributed by atoms with Gasteiger partial charge in [-0.1, -0.05) is 6.08 Å². The number of urea groups is 1. The number of aliphatic hydroxyl groups is 1. The number of likely N-dealkylation sites (N-methyl/N-ethyl adjacent to an activating group) is 1. The zero-order valence-electron chi connectivity index (χ0n) is 11.4. The average Bonchev–Trinajstić information content (AvgIpc) is 2.35. The SMILES string of the molecule is C=CCN(C)C(=O)NCC(O)(/C=C/OCC)C(F)(F)F. The highest BCUT2D eigenvalue weighted by molar-refractivity contribution is 5.74. The number of hydrogen-bond acceptors (Lipinski definition) is 3. The first kappa shape index (κ1) is 18.3. The van der Waals surface area contributed by atoms with E-state index in [1.807, 2.05) is 5.32 Å². The predicted molar refractivity (Wildman–Crippen MR) is 68.0 cm³/mol. The Morgan fingerprint density at radius 3 is 2.55 bits per heavy atom. The Labute approximate surface area is 115 Å². The number of carbonyl (C=O) groups is 1. The molecule has 1 atom stereocenters. The highest BCUT2D eigenvalue weighted by Gasteiger charge is 2.52. The lowest BCUT2D eigenvalue weighted by molar-refractivity contribution is -0.237. The van der Waals surface area contributed by atoms with Gasteiger partial charge in [0, 0.05) is 13.6 Å². The first-order valence-electron chi connectivity index (χ1n) is 5.86. The van der Waals surface area contributed by atoms with E-state index in [1.165, 1.54) is 13.1 Å². The largest absolute Gasteiger partial charge is 0.502 e. The number of carbonyl (C=O) groups excluding carboxylic acids is 1. The number of rotatable bonds is 7. The summed E-state index contributed by atoms with van der Waals surface area (Å²) in [6, 6.07) is -0.752. The van der Waals surface area contributed by atoms with E-state index in [9.17, 15) is 23.1 Å². The fourth-order valence-electron chi connectivity index (χ4n) is 1.13. The molecule has 0 aliphatic rings. The molecule has 0 saturated carbocycles. The molecule has 0 rings (SSSR count). The van der Waals surface area contributed by atoms with Crippen LogP contribution in [0.3, 0.4) is 0 Å². The molecule has 0 spiro atoms. The highest BCUT2D eigenvalue weighted by Crippen LogP contribution is 2.31. The van der Waals surface area contributed by atoms with Gasteiger partial charge < -0.3 is 20.1 Å². The summed E-state index contributed by atoms with van der Waals surface area (Å²) in [4.78, 5) is 12.6. The maximum absolute atomic E-state index is 12.8. The van der Waals surface area contributed by atoms with Gasteiger partial charge in [-0.25, -0.2) is 4.79 Å². The maximum Gasteiger partial charge on any atom is 0.422 e. The molecule has 0 radical (unpaired) electrons. The van der Waals surface area contributed by atoms with Crippen LogP contribution in [-0.2, 0) is 4.74 Å².